The number of hydrogen-bond acceptors (Lipinski definition) is 3. The first kappa shape index (κ1) is 20.5. The topological polar surface area (TPSA) is 60.0 Å². The Labute approximate surface area is 141 Å². The SMILES string of the molecule is CCNC(=NCCC(F)(F)F)NC1CCN(CC(=O)N(C)C)CC1. The van der Waals surface area contributed by atoms with Crippen LogP contribution in [0.15, 0.2) is 4.99 Å². The summed E-state index contributed by atoms with van der Waals surface area (Å²) < 4.78 is 36.6. The van der Waals surface area contributed by atoms with Crippen molar-refractivity contribution in [3.63, 3.8) is 0 Å². The molecule has 0 radical (unpaired) electrons. The van der Waals surface area contributed by atoms with E-state index in [0.717, 1.165) is 25.9 Å². The molecule has 0 spiro atoms. The molecule has 2 N–H and O–H groups in total. The van der Waals surface area contributed by atoms with Gasteiger partial charge in [-0.1, -0.05) is 0 Å². The van der Waals surface area contributed by atoms with Crippen LogP contribution in [0.25, 0.3) is 0 Å². The fraction of sp³-hybridized carbons (Fsp3) is 0.867. The van der Waals surface area contributed by atoms with Crippen LogP contribution in [0.2, 0.25) is 0 Å². The zero-order chi connectivity index (χ0) is 18.2. The number of alkyl halides is 3. The van der Waals surface area contributed by atoms with Gasteiger partial charge < -0.3 is 15.5 Å². The van der Waals surface area contributed by atoms with Crippen LogP contribution >= 0.6 is 0 Å². The highest BCUT2D eigenvalue weighted by Crippen LogP contribution is 2.19. The summed E-state index contributed by atoms with van der Waals surface area (Å²) in [4.78, 5) is 19.3. The van der Waals surface area contributed by atoms with Crippen LogP contribution in [-0.2, 0) is 4.79 Å². The van der Waals surface area contributed by atoms with E-state index < -0.39 is 12.6 Å². The van der Waals surface area contributed by atoms with E-state index in [9.17, 15) is 18.0 Å². The lowest BCUT2D eigenvalue weighted by atomic mass is 10.1. The molecule has 0 aliphatic carbocycles. The van der Waals surface area contributed by atoms with Crippen LogP contribution in [0, 0.1) is 0 Å². The Morgan fingerprint density at radius 2 is 1.92 bits per heavy atom. The van der Waals surface area contributed by atoms with Crippen molar-refractivity contribution in [2.45, 2.75) is 38.4 Å². The molecule has 1 heterocycles. The maximum Gasteiger partial charge on any atom is 0.390 e. The Balaban J connectivity index is 2.41. The lowest BCUT2D eigenvalue weighted by molar-refractivity contribution is -0.132. The van der Waals surface area contributed by atoms with Gasteiger partial charge in [-0.25, -0.2) is 0 Å². The van der Waals surface area contributed by atoms with Gasteiger partial charge in [-0.3, -0.25) is 14.7 Å². The standard InChI is InChI=1S/C15H28F3N5O/c1-4-19-14(20-8-7-15(16,17)18)21-12-5-9-23(10-6-12)11-13(24)22(2)3/h12H,4-11H2,1-3H3,(H2,19,20,21). The van der Waals surface area contributed by atoms with Crippen molar-refractivity contribution in [2.75, 3.05) is 46.8 Å². The number of piperidine rings is 1. The van der Waals surface area contributed by atoms with Crippen LogP contribution < -0.4 is 10.6 Å². The minimum Gasteiger partial charge on any atom is -0.357 e. The average molecular weight is 351 g/mol. The molecule has 1 aliphatic rings. The second kappa shape index (κ2) is 9.71. The fourth-order valence-corrected chi connectivity index (χ4v) is 2.38. The Morgan fingerprint density at radius 3 is 2.42 bits per heavy atom. The van der Waals surface area contributed by atoms with Crippen molar-refractivity contribution >= 4 is 11.9 Å². The van der Waals surface area contributed by atoms with Gasteiger partial charge in [-0.2, -0.15) is 13.2 Å². The quantitative estimate of drug-likeness (QED) is 0.555. The first-order valence-electron chi connectivity index (χ1n) is 8.25. The summed E-state index contributed by atoms with van der Waals surface area (Å²) in [6.07, 6.45) is -3.46. The van der Waals surface area contributed by atoms with Crippen molar-refractivity contribution in [1.82, 2.24) is 20.4 Å². The summed E-state index contributed by atoms with van der Waals surface area (Å²) in [7, 11) is 3.47. The van der Waals surface area contributed by atoms with Crippen LogP contribution in [0.5, 0.6) is 0 Å². The third-order valence-electron chi connectivity index (χ3n) is 3.80. The highest BCUT2D eigenvalue weighted by molar-refractivity contribution is 5.80. The molecule has 9 heteroatoms. The third kappa shape index (κ3) is 8.37. The summed E-state index contributed by atoms with van der Waals surface area (Å²) >= 11 is 0. The Kier molecular flexibility index (Phi) is 8.30. The molecule has 1 saturated heterocycles. The van der Waals surface area contributed by atoms with E-state index in [1.165, 1.54) is 0 Å². The van der Waals surface area contributed by atoms with E-state index in [4.69, 9.17) is 0 Å². The van der Waals surface area contributed by atoms with Crippen LogP contribution in [-0.4, -0.2) is 80.7 Å². The number of amides is 1. The molecule has 1 rings (SSSR count). The number of nitrogens with zero attached hydrogens (tertiary/aromatic N) is 3. The van der Waals surface area contributed by atoms with Crippen molar-refractivity contribution < 1.29 is 18.0 Å². The molecule has 0 aromatic rings. The van der Waals surface area contributed by atoms with Crippen LogP contribution in [0.3, 0.4) is 0 Å². The third-order valence-corrected chi connectivity index (χ3v) is 3.80. The smallest absolute Gasteiger partial charge is 0.357 e. The average Bonchev–Trinajstić information content (AvgIpc) is 2.48. The van der Waals surface area contributed by atoms with Crippen molar-refractivity contribution in [3.8, 4) is 0 Å². The summed E-state index contributed by atoms with van der Waals surface area (Å²) in [5.74, 6) is 0.494. The highest BCUT2D eigenvalue weighted by Gasteiger charge is 2.26. The van der Waals surface area contributed by atoms with Gasteiger partial charge in [-0.05, 0) is 19.8 Å². The number of carbonyl (C=O) groups excluding carboxylic acids is 1. The number of rotatable bonds is 6. The molecular formula is C15H28F3N5O. The van der Waals surface area contributed by atoms with E-state index in [1.54, 1.807) is 19.0 Å². The molecule has 140 valence electrons. The fourth-order valence-electron chi connectivity index (χ4n) is 2.38. The molecule has 0 atom stereocenters. The molecule has 1 fully saturated rings. The molecule has 0 aromatic heterocycles. The van der Waals surface area contributed by atoms with Crippen LogP contribution in [0.4, 0.5) is 13.2 Å². The van der Waals surface area contributed by atoms with E-state index in [2.05, 4.69) is 20.5 Å². The largest absolute Gasteiger partial charge is 0.390 e. The number of likely N-dealkylation sites (tertiary alicyclic amines) is 1. The van der Waals surface area contributed by atoms with Crippen molar-refractivity contribution in [3.05, 3.63) is 0 Å². The number of aliphatic imine (C=N–C) groups is 1. The lowest BCUT2D eigenvalue weighted by Crippen LogP contribution is -2.50. The number of likely N-dealkylation sites (N-methyl/N-ethyl adjacent to an activating group) is 1. The number of carbonyl (C=O) groups is 1. The highest BCUT2D eigenvalue weighted by atomic mass is 19.4. The maximum atomic E-state index is 12.2. The zero-order valence-corrected chi connectivity index (χ0v) is 14.6. The number of halogens is 3. The molecule has 0 saturated carbocycles. The second-order valence-corrected chi connectivity index (χ2v) is 6.11. The van der Waals surface area contributed by atoms with E-state index in [0.29, 0.717) is 19.0 Å². The van der Waals surface area contributed by atoms with Gasteiger partial charge in [0.2, 0.25) is 5.91 Å². The summed E-state index contributed by atoms with van der Waals surface area (Å²) in [5, 5.41) is 6.16. The Bertz CT molecular complexity index is 418. The summed E-state index contributed by atoms with van der Waals surface area (Å²) in [6, 6.07) is 0.152. The normalized spacial score (nSPS) is 17.7. The Hall–Kier alpha value is -1.51. The Morgan fingerprint density at radius 1 is 1.29 bits per heavy atom. The molecule has 0 bridgehead atoms. The molecule has 1 amide bonds. The molecule has 1 aliphatic heterocycles. The molecular weight excluding hydrogens is 323 g/mol. The zero-order valence-electron chi connectivity index (χ0n) is 14.6. The van der Waals surface area contributed by atoms with E-state index >= 15 is 0 Å². The van der Waals surface area contributed by atoms with Gasteiger partial charge in [0.1, 0.15) is 0 Å². The molecule has 0 aromatic carbocycles. The predicted molar refractivity (Wildman–Crippen MR) is 87.9 cm³/mol. The van der Waals surface area contributed by atoms with Gasteiger partial charge in [0.15, 0.2) is 5.96 Å². The van der Waals surface area contributed by atoms with Gasteiger partial charge >= 0.3 is 6.18 Å². The number of nitrogens with one attached hydrogen (secondary N) is 2. The second-order valence-electron chi connectivity index (χ2n) is 6.11. The van der Waals surface area contributed by atoms with Crippen molar-refractivity contribution in [1.29, 1.82) is 0 Å². The number of guanidine groups is 1. The first-order chi connectivity index (χ1) is 11.2. The van der Waals surface area contributed by atoms with Crippen LogP contribution in [0.1, 0.15) is 26.2 Å². The minimum atomic E-state index is -4.19. The first-order valence-corrected chi connectivity index (χ1v) is 8.25. The predicted octanol–water partition coefficient (Wildman–Crippen LogP) is 1.05. The summed E-state index contributed by atoms with van der Waals surface area (Å²) in [6.45, 7) is 4.14. The lowest BCUT2D eigenvalue weighted by Gasteiger charge is -2.33. The maximum absolute atomic E-state index is 12.2. The van der Waals surface area contributed by atoms with Gasteiger partial charge in [0.05, 0.1) is 19.5 Å². The van der Waals surface area contributed by atoms with Gasteiger partial charge in [0.25, 0.3) is 0 Å². The molecule has 0 unspecified atom stereocenters. The molecule has 6 nitrogen and oxygen atoms in total. The van der Waals surface area contributed by atoms with Gasteiger partial charge in [-0.15, -0.1) is 0 Å². The molecule has 24 heavy (non-hydrogen) atoms. The monoisotopic (exact) mass is 351 g/mol. The van der Waals surface area contributed by atoms with Crippen molar-refractivity contribution in [2.24, 2.45) is 4.99 Å². The van der Waals surface area contributed by atoms with Gasteiger partial charge in [0, 0.05) is 39.8 Å². The minimum absolute atomic E-state index is 0.0726. The van der Waals surface area contributed by atoms with E-state index in [1.807, 2.05) is 6.92 Å². The number of hydrogen-bond donors (Lipinski definition) is 2. The van der Waals surface area contributed by atoms with E-state index in [-0.39, 0.29) is 18.5 Å². The summed E-state index contributed by atoms with van der Waals surface area (Å²) in [5.41, 5.74) is 0.